The number of methoxy groups -OCH3 is 2. The van der Waals surface area contributed by atoms with Crippen molar-refractivity contribution in [1.82, 2.24) is 0 Å². The molecule has 0 radical (unpaired) electrons. The first-order chi connectivity index (χ1) is 15.9. The summed E-state index contributed by atoms with van der Waals surface area (Å²) in [5, 5.41) is 11.5. The van der Waals surface area contributed by atoms with Gasteiger partial charge in [0.2, 0.25) is 25.1 Å². The Labute approximate surface area is 191 Å². The van der Waals surface area contributed by atoms with Crippen LogP contribution >= 0.6 is 0 Å². The van der Waals surface area contributed by atoms with Crippen molar-refractivity contribution in [2.24, 2.45) is 11.8 Å². The van der Waals surface area contributed by atoms with Crippen molar-refractivity contribution in [2.45, 2.75) is 33.0 Å². The van der Waals surface area contributed by atoms with Crippen molar-refractivity contribution in [1.29, 1.82) is 0 Å². The lowest BCUT2D eigenvalue weighted by Gasteiger charge is -2.37. The van der Waals surface area contributed by atoms with Crippen LogP contribution in [0.1, 0.15) is 44.1 Å². The van der Waals surface area contributed by atoms with Gasteiger partial charge in [-0.05, 0) is 23.6 Å². The molecule has 4 unspecified atom stereocenters. The number of rotatable bonds is 3. The molecule has 9 nitrogen and oxygen atoms in total. The number of aliphatic hydroxyl groups excluding tert-OH is 1. The summed E-state index contributed by atoms with van der Waals surface area (Å²) in [5.41, 5.74) is 2.40. The van der Waals surface area contributed by atoms with Crippen molar-refractivity contribution in [3.05, 3.63) is 23.3 Å². The van der Waals surface area contributed by atoms with Crippen molar-refractivity contribution in [3.63, 3.8) is 0 Å². The second-order valence-electron chi connectivity index (χ2n) is 8.41. The SMILES string of the molecule is COc1c2c(cc3c1-c1c(cc4c(c1OC)OCO4)C(OC(C)=O)C(C)C(C)C3O)OCO2. The summed E-state index contributed by atoms with van der Waals surface area (Å²) in [5.74, 6) is 1.64. The number of esters is 1. The summed E-state index contributed by atoms with van der Waals surface area (Å²) in [4.78, 5) is 12.1. The van der Waals surface area contributed by atoms with Crippen molar-refractivity contribution in [3.8, 4) is 45.6 Å². The molecule has 176 valence electrons. The highest BCUT2D eigenvalue weighted by Gasteiger charge is 2.43. The average molecular weight is 458 g/mol. The van der Waals surface area contributed by atoms with Gasteiger partial charge in [0.25, 0.3) is 0 Å². The molecule has 9 heteroatoms. The lowest BCUT2D eigenvalue weighted by Crippen LogP contribution is -2.28. The number of carbonyl (C=O) groups is 1. The summed E-state index contributed by atoms with van der Waals surface area (Å²) in [6.07, 6.45) is -1.60. The Morgan fingerprint density at radius 1 is 0.879 bits per heavy atom. The third-order valence-corrected chi connectivity index (χ3v) is 6.68. The minimum absolute atomic E-state index is 0.0343. The van der Waals surface area contributed by atoms with Crippen LogP contribution in [-0.2, 0) is 9.53 Å². The second-order valence-corrected chi connectivity index (χ2v) is 8.41. The normalized spacial score (nSPS) is 24.3. The molecule has 2 aromatic rings. The van der Waals surface area contributed by atoms with E-state index in [4.69, 9.17) is 33.2 Å². The largest absolute Gasteiger partial charge is 0.492 e. The summed E-state index contributed by atoms with van der Waals surface area (Å²) in [7, 11) is 3.05. The molecule has 2 aromatic carbocycles. The Balaban J connectivity index is 1.93. The number of ether oxygens (including phenoxy) is 7. The molecule has 0 spiro atoms. The number of hydrogen-bond donors (Lipinski definition) is 1. The van der Waals surface area contributed by atoms with Crippen LogP contribution in [0.4, 0.5) is 0 Å². The molecule has 5 rings (SSSR count). The van der Waals surface area contributed by atoms with Crippen LogP contribution in [0.2, 0.25) is 0 Å². The molecular weight excluding hydrogens is 432 g/mol. The Morgan fingerprint density at radius 2 is 1.39 bits per heavy atom. The van der Waals surface area contributed by atoms with E-state index >= 15 is 0 Å². The molecule has 1 aliphatic carbocycles. The van der Waals surface area contributed by atoms with Crippen LogP contribution in [0, 0.1) is 11.8 Å². The van der Waals surface area contributed by atoms with Gasteiger partial charge in [-0.25, -0.2) is 0 Å². The fourth-order valence-electron chi connectivity index (χ4n) is 4.90. The van der Waals surface area contributed by atoms with Crippen LogP contribution in [-0.4, -0.2) is 38.9 Å². The van der Waals surface area contributed by atoms with E-state index in [1.807, 2.05) is 19.9 Å². The minimum atomic E-state index is -0.917. The molecule has 0 saturated heterocycles. The molecule has 3 aliphatic rings. The Kier molecular flexibility index (Phi) is 5.16. The fourth-order valence-corrected chi connectivity index (χ4v) is 4.90. The predicted octanol–water partition coefficient (Wildman–Crippen LogP) is 3.75. The molecule has 0 amide bonds. The zero-order chi connectivity index (χ0) is 23.4. The van der Waals surface area contributed by atoms with E-state index in [0.717, 1.165) is 0 Å². The van der Waals surface area contributed by atoms with E-state index in [1.54, 1.807) is 6.07 Å². The van der Waals surface area contributed by atoms with E-state index in [0.29, 0.717) is 56.8 Å². The monoisotopic (exact) mass is 458 g/mol. The van der Waals surface area contributed by atoms with Gasteiger partial charge in [0, 0.05) is 29.5 Å². The highest BCUT2D eigenvalue weighted by molar-refractivity contribution is 5.89. The van der Waals surface area contributed by atoms with Crippen molar-refractivity contribution >= 4 is 5.97 Å². The van der Waals surface area contributed by atoms with E-state index < -0.39 is 18.2 Å². The quantitative estimate of drug-likeness (QED) is 0.689. The molecule has 4 atom stereocenters. The van der Waals surface area contributed by atoms with Gasteiger partial charge in [0.05, 0.1) is 20.3 Å². The molecule has 2 aliphatic heterocycles. The lowest BCUT2D eigenvalue weighted by atomic mass is 9.74. The number of carbonyl (C=O) groups excluding carboxylic acids is 1. The van der Waals surface area contributed by atoms with Crippen LogP contribution < -0.4 is 28.4 Å². The smallest absolute Gasteiger partial charge is 0.303 e. The molecule has 0 saturated carbocycles. The zero-order valence-corrected chi connectivity index (χ0v) is 19.1. The number of benzene rings is 2. The van der Waals surface area contributed by atoms with E-state index in [1.165, 1.54) is 21.1 Å². The summed E-state index contributed by atoms with van der Waals surface area (Å²) < 4.78 is 40.2. The van der Waals surface area contributed by atoms with E-state index in [9.17, 15) is 9.90 Å². The maximum absolute atomic E-state index is 12.1. The van der Waals surface area contributed by atoms with Gasteiger partial charge in [0.1, 0.15) is 6.10 Å². The maximum Gasteiger partial charge on any atom is 0.303 e. The molecule has 1 N–H and O–H groups in total. The topological polar surface area (TPSA) is 102 Å². The van der Waals surface area contributed by atoms with Crippen LogP contribution in [0.25, 0.3) is 11.1 Å². The van der Waals surface area contributed by atoms with Crippen molar-refractivity contribution in [2.75, 3.05) is 27.8 Å². The summed E-state index contributed by atoms with van der Waals surface area (Å²) >= 11 is 0. The number of aliphatic hydroxyl groups is 1. The standard InChI is InChI=1S/C24H26O9/c1-10-11(2)20(33-12(3)25)14-7-16-22(32-9-30-16)24(28-5)18(14)17-13(19(10)26)6-15-21(23(17)27-4)31-8-29-15/h6-7,10-11,19-20,26H,8-9H2,1-5H3. The van der Waals surface area contributed by atoms with Gasteiger partial charge in [-0.15, -0.1) is 0 Å². The maximum atomic E-state index is 12.1. The molecule has 0 aromatic heterocycles. The highest BCUT2D eigenvalue weighted by atomic mass is 16.7. The Hall–Kier alpha value is -3.33. The first kappa shape index (κ1) is 21.5. The van der Waals surface area contributed by atoms with E-state index in [-0.39, 0.29) is 25.4 Å². The molecule has 33 heavy (non-hydrogen) atoms. The van der Waals surface area contributed by atoms with Gasteiger partial charge in [-0.2, -0.15) is 0 Å². The second kappa shape index (κ2) is 7.91. The lowest BCUT2D eigenvalue weighted by molar-refractivity contribution is -0.151. The third kappa shape index (κ3) is 3.13. The van der Waals surface area contributed by atoms with Crippen LogP contribution in [0.5, 0.6) is 34.5 Å². The van der Waals surface area contributed by atoms with Crippen LogP contribution in [0.3, 0.4) is 0 Å². The molecule has 2 heterocycles. The predicted molar refractivity (Wildman–Crippen MR) is 115 cm³/mol. The first-order valence-corrected chi connectivity index (χ1v) is 10.7. The Morgan fingerprint density at radius 3 is 1.91 bits per heavy atom. The average Bonchev–Trinajstić information content (AvgIpc) is 3.47. The van der Waals surface area contributed by atoms with Gasteiger partial charge in [-0.1, -0.05) is 13.8 Å². The van der Waals surface area contributed by atoms with Gasteiger partial charge < -0.3 is 38.3 Å². The third-order valence-electron chi connectivity index (χ3n) is 6.68. The summed E-state index contributed by atoms with van der Waals surface area (Å²) in [6, 6.07) is 3.58. The van der Waals surface area contributed by atoms with Gasteiger partial charge >= 0.3 is 5.97 Å². The van der Waals surface area contributed by atoms with Gasteiger partial charge in [-0.3, -0.25) is 4.79 Å². The number of fused-ring (bicyclic) bond motifs is 5. The van der Waals surface area contributed by atoms with Gasteiger partial charge in [0.15, 0.2) is 23.0 Å². The fraction of sp³-hybridized carbons (Fsp3) is 0.458. The number of hydrogen-bond acceptors (Lipinski definition) is 9. The van der Waals surface area contributed by atoms with E-state index in [2.05, 4.69) is 0 Å². The highest BCUT2D eigenvalue weighted by Crippen LogP contribution is 2.60. The summed E-state index contributed by atoms with van der Waals surface area (Å²) in [6.45, 7) is 5.30. The minimum Gasteiger partial charge on any atom is -0.492 e. The molecule has 0 fully saturated rings. The van der Waals surface area contributed by atoms with Crippen molar-refractivity contribution < 1.29 is 43.1 Å². The zero-order valence-electron chi connectivity index (χ0n) is 19.1. The molecular formula is C24H26O9. The molecule has 0 bridgehead atoms. The first-order valence-electron chi connectivity index (χ1n) is 10.7. The van der Waals surface area contributed by atoms with Crippen LogP contribution in [0.15, 0.2) is 12.1 Å². The Bertz CT molecular complexity index is 1130.